The van der Waals surface area contributed by atoms with Crippen LogP contribution >= 0.6 is 11.6 Å². The molecule has 1 N–H and O–H groups in total. The molecule has 2 aliphatic carbocycles. The largest absolute Gasteiger partial charge is 0.490 e. The van der Waals surface area contributed by atoms with Crippen molar-refractivity contribution in [3.8, 4) is 5.75 Å². The van der Waals surface area contributed by atoms with Crippen molar-refractivity contribution < 1.29 is 27.4 Å². The van der Waals surface area contributed by atoms with Gasteiger partial charge in [-0.2, -0.15) is 0 Å². The highest BCUT2D eigenvalue weighted by molar-refractivity contribution is 7.90. The number of sulfonamides is 1. The maximum Gasteiger partial charge on any atom is 0.264 e. The summed E-state index contributed by atoms with van der Waals surface area (Å²) in [5.41, 5.74) is 3.48. The molecule has 4 bridgehead atoms. The average molecular weight is 615 g/mol. The standard InChI is InChI=1S/C32H39ClN2O6S/c1-20-17-40-25-10-12-39-30(15-25)26-7-4-23(26)16-35-18-32(11-2-3-21-13-24(33)6-8-27(21)32)19-41-29-9-5-22(14-28(29)35)31(36)34-42(20,37)38/h5-6,8-9,13-14,20,23,25-26,30H,2-4,7,10-12,15-19H2,1H3,(H,34,36)/t20-,23+,25+,26-,30+,32+/m1/s1. The number of carbonyl (C=O) groups excluding carboxylic acids is 1. The van der Waals surface area contributed by atoms with Crippen molar-refractivity contribution >= 4 is 33.2 Å². The van der Waals surface area contributed by atoms with Crippen LogP contribution in [0.5, 0.6) is 5.75 Å². The predicted molar refractivity (Wildman–Crippen MR) is 161 cm³/mol. The summed E-state index contributed by atoms with van der Waals surface area (Å²) in [4.78, 5) is 15.7. The fraction of sp³-hybridized carbons (Fsp3) is 0.594. The third-order valence-electron chi connectivity index (χ3n) is 10.3. The lowest BCUT2D eigenvalue weighted by atomic mass is 9.67. The Hall–Kier alpha value is -2.33. The summed E-state index contributed by atoms with van der Waals surface area (Å²) < 4.78 is 47.5. The van der Waals surface area contributed by atoms with Crippen molar-refractivity contribution in [1.82, 2.24) is 4.72 Å². The molecule has 5 aliphatic rings. The Morgan fingerprint density at radius 1 is 1.10 bits per heavy atom. The zero-order chi connectivity index (χ0) is 29.1. The van der Waals surface area contributed by atoms with Crippen LogP contribution in [0.4, 0.5) is 5.69 Å². The number of hydrogen-bond donors (Lipinski definition) is 1. The lowest BCUT2D eigenvalue weighted by Crippen LogP contribution is -2.51. The molecule has 1 saturated carbocycles. The van der Waals surface area contributed by atoms with Gasteiger partial charge in [0.15, 0.2) is 0 Å². The molecule has 8 nitrogen and oxygen atoms in total. The lowest BCUT2D eigenvalue weighted by Gasteiger charge is -2.48. The first-order valence-electron chi connectivity index (χ1n) is 15.3. The van der Waals surface area contributed by atoms with Gasteiger partial charge in [0.2, 0.25) is 10.0 Å². The van der Waals surface area contributed by atoms with Gasteiger partial charge in [-0.25, -0.2) is 13.1 Å². The van der Waals surface area contributed by atoms with Crippen LogP contribution in [0, 0.1) is 11.8 Å². The highest BCUT2D eigenvalue weighted by Gasteiger charge is 2.45. The summed E-state index contributed by atoms with van der Waals surface area (Å²) in [5, 5.41) is -0.117. The molecule has 0 radical (unpaired) electrons. The van der Waals surface area contributed by atoms with Crippen LogP contribution in [0.25, 0.3) is 0 Å². The van der Waals surface area contributed by atoms with Crippen molar-refractivity contribution in [3.05, 3.63) is 58.1 Å². The summed E-state index contributed by atoms with van der Waals surface area (Å²) in [6.45, 7) is 4.32. The summed E-state index contributed by atoms with van der Waals surface area (Å²) in [7, 11) is -3.93. The monoisotopic (exact) mass is 614 g/mol. The fourth-order valence-corrected chi connectivity index (χ4v) is 8.77. The van der Waals surface area contributed by atoms with Crippen molar-refractivity contribution in [2.24, 2.45) is 11.8 Å². The first-order chi connectivity index (χ1) is 20.2. The van der Waals surface area contributed by atoms with E-state index in [1.54, 1.807) is 19.1 Å². The third-order valence-corrected chi connectivity index (χ3v) is 12.2. The number of carbonyl (C=O) groups is 1. The van der Waals surface area contributed by atoms with E-state index in [4.69, 9.17) is 25.8 Å². The topological polar surface area (TPSA) is 94.2 Å². The van der Waals surface area contributed by atoms with Crippen LogP contribution in [0.1, 0.15) is 66.9 Å². The molecule has 0 unspecified atom stereocenters. The van der Waals surface area contributed by atoms with Gasteiger partial charge in [0, 0.05) is 42.1 Å². The summed E-state index contributed by atoms with van der Waals surface area (Å²) in [5.74, 6) is 0.939. The summed E-state index contributed by atoms with van der Waals surface area (Å²) >= 11 is 6.41. The van der Waals surface area contributed by atoms with Crippen molar-refractivity contribution in [1.29, 1.82) is 0 Å². The number of nitrogens with one attached hydrogen (secondary N) is 1. The van der Waals surface area contributed by atoms with Crippen LogP contribution in [-0.2, 0) is 31.3 Å². The highest BCUT2D eigenvalue weighted by Crippen LogP contribution is 2.47. The number of rotatable bonds is 0. The molecule has 2 fully saturated rings. The number of hydrogen-bond acceptors (Lipinski definition) is 7. The predicted octanol–water partition coefficient (Wildman–Crippen LogP) is 4.87. The molecule has 42 heavy (non-hydrogen) atoms. The molecule has 3 heterocycles. The average Bonchev–Trinajstić information content (AvgIpc) is 3.10. The Balaban J connectivity index is 1.29. The molecule has 2 aromatic rings. The Morgan fingerprint density at radius 3 is 2.81 bits per heavy atom. The minimum absolute atomic E-state index is 0.0364. The number of aryl methyl sites for hydroxylation is 1. The summed E-state index contributed by atoms with van der Waals surface area (Å²) in [6.07, 6.45) is 6.83. The number of nitrogens with zero attached hydrogens (tertiary/aromatic N) is 1. The number of ether oxygens (including phenoxy) is 3. The number of anilines is 1. The van der Waals surface area contributed by atoms with Crippen molar-refractivity contribution in [2.45, 2.75) is 74.7 Å². The molecule has 10 heteroatoms. The van der Waals surface area contributed by atoms with Gasteiger partial charge < -0.3 is 19.1 Å². The van der Waals surface area contributed by atoms with Gasteiger partial charge in [0.05, 0.1) is 31.1 Å². The van der Waals surface area contributed by atoms with E-state index < -0.39 is 21.2 Å². The smallest absolute Gasteiger partial charge is 0.264 e. The zero-order valence-electron chi connectivity index (χ0n) is 24.0. The first-order valence-corrected chi connectivity index (χ1v) is 17.2. The van der Waals surface area contributed by atoms with Crippen LogP contribution in [0.2, 0.25) is 5.02 Å². The SMILES string of the molecule is C[C@@H]1CO[C@H]2CCO[C@@H](C2)[C@@H]2CC[C@H]2CN2C[C@@]3(CCCc4cc(Cl)ccc43)COc3ccc(cc32)C(=O)NS1(=O)=O. The van der Waals surface area contributed by atoms with Gasteiger partial charge in [0.1, 0.15) is 11.0 Å². The molecule has 0 aromatic heterocycles. The molecule has 3 aliphatic heterocycles. The van der Waals surface area contributed by atoms with Gasteiger partial charge in [0.25, 0.3) is 5.91 Å². The van der Waals surface area contributed by atoms with Crippen molar-refractivity contribution in [3.63, 3.8) is 0 Å². The second-order valence-corrected chi connectivity index (χ2v) is 15.5. The second kappa shape index (κ2) is 11.0. The second-order valence-electron chi connectivity index (χ2n) is 13.0. The molecule has 226 valence electrons. The van der Waals surface area contributed by atoms with Gasteiger partial charge in [-0.1, -0.05) is 17.7 Å². The number of benzene rings is 2. The molecular formula is C32H39ClN2O6S. The van der Waals surface area contributed by atoms with Gasteiger partial charge in [-0.3, -0.25) is 4.79 Å². The number of fused-ring (bicyclic) bond motifs is 7. The number of halogens is 1. The maximum absolute atomic E-state index is 13.3. The van der Waals surface area contributed by atoms with Crippen molar-refractivity contribution in [2.75, 3.05) is 37.8 Å². The maximum atomic E-state index is 13.3. The Kier molecular flexibility index (Phi) is 7.44. The number of amides is 1. The van der Waals surface area contributed by atoms with E-state index in [1.165, 1.54) is 11.1 Å². The van der Waals surface area contributed by atoms with Gasteiger partial charge in [-0.05, 0) is 98.7 Å². The minimum Gasteiger partial charge on any atom is -0.490 e. The normalized spacial score (nSPS) is 34.2. The van der Waals surface area contributed by atoms with E-state index in [1.807, 2.05) is 12.1 Å². The molecule has 7 rings (SSSR count). The van der Waals surface area contributed by atoms with Crippen LogP contribution in [0.3, 0.4) is 0 Å². The molecule has 1 spiro atoms. The molecule has 2 aromatic carbocycles. The third kappa shape index (κ3) is 5.20. The van der Waals surface area contributed by atoms with E-state index in [0.29, 0.717) is 30.6 Å². The zero-order valence-corrected chi connectivity index (χ0v) is 25.6. The van der Waals surface area contributed by atoms with E-state index in [9.17, 15) is 13.2 Å². The molecule has 1 amide bonds. The lowest BCUT2D eigenvalue weighted by molar-refractivity contribution is -0.116. The van der Waals surface area contributed by atoms with Crippen LogP contribution < -0.4 is 14.4 Å². The molecule has 1 saturated heterocycles. The van der Waals surface area contributed by atoms with E-state index in [-0.39, 0.29) is 24.2 Å². The quantitative estimate of drug-likeness (QED) is 0.453. The van der Waals surface area contributed by atoms with Gasteiger partial charge >= 0.3 is 0 Å². The Labute approximate surface area is 253 Å². The first kappa shape index (κ1) is 28.4. The van der Waals surface area contributed by atoms with Crippen LogP contribution in [-0.4, -0.2) is 64.7 Å². The Morgan fingerprint density at radius 2 is 1.98 bits per heavy atom. The minimum atomic E-state index is -3.93. The fourth-order valence-electron chi connectivity index (χ4n) is 7.74. The van der Waals surface area contributed by atoms with E-state index in [2.05, 4.69) is 21.8 Å². The molecule has 6 atom stereocenters. The highest BCUT2D eigenvalue weighted by atomic mass is 35.5. The van der Waals surface area contributed by atoms with Gasteiger partial charge in [-0.15, -0.1) is 0 Å². The molecular weight excluding hydrogens is 576 g/mol. The van der Waals surface area contributed by atoms with Crippen LogP contribution in [0.15, 0.2) is 36.4 Å². The Bertz CT molecular complexity index is 1480. The summed E-state index contributed by atoms with van der Waals surface area (Å²) in [6, 6.07) is 11.5. The van der Waals surface area contributed by atoms with E-state index >= 15 is 0 Å². The van der Waals surface area contributed by atoms with E-state index in [0.717, 1.165) is 74.5 Å².